The van der Waals surface area contributed by atoms with Gasteiger partial charge in [-0.1, -0.05) is 49.4 Å². The number of sulfonamides is 1. The van der Waals surface area contributed by atoms with E-state index in [1.165, 1.54) is 0 Å². The molecule has 1 aliphatic carbocycles. The highest BCUT2D eigenvalue weighted by molar-refractivity contribution is 7.89. The number of halogens is 3. The lowest BCUT2D eigenvalue weighted by Crippen LogP contribution is -2.39. The van der Waals surface area contributed by atoms with Gasteiger partial charge < -0.3 is 10.6 Å². The molecule has 1 saturated carbocycles. The van der Waals surface area contributed by atoms with E-state index in [-0.39, 0.29) is 25.0 Å². The van der Waals surface area contributed by atoms with Gasteiger partial charge in [0.25, 0.3) is 0 Å². The predicted molar refractivity (Wildman–Crippen MR) is 130 cm³/mol. The van der Waals surface area contributed by atoms with E-state index < -0.39 is 22.0 Å². The van der Waals surface area contributed by atoms with Gasteiger partial charge >= 0.3 is 6.18 Å². The van der Waals surface area contributed by atoms with Gasteiger partial charge in [0.15, 0.2) is 11.7 Å². The Kier molecular flexibility index (Phi) is 12.8. The van der Waals surface area contributed by atoms with Crippen LogP contribution in [0.5, 0.6) is 0 Å². The van der Waals surface area contributed by atoms with Crippen molar-refractivity contribution in [3.8, 4) is 0 Å². The van der Waals surface area contributed by atoms with Gasteiger partial charge in [-0.2, -0.15) is 13.2 Å². The van der Waals surface area contributed by atoms with Gasteiger partial charge in [-0.05, 0) is 43.7 Å². The van der Waals surface area contributed by atoms with Crippen LogP contribution in [-0.2, 0) is 14.9 Å². The topological polar surface area (TPSA) is 107 Å². The molecule has 12 heteroatoms. The fourth-order valence-electron chi connectivity index (χ4n) is 4.02. The van der Waals surface area contributed by atoms with Gasteiger partial charge in [0.2, 0.25) is 10.0 Å². The SMILES string of the molecule is N=C(NCCCCCCCCN(OCC1CCCCC1)S(=O)(=O)CC(F)(F)F)Nc1ccncc1. The molecular weight excluding hydrogens is 483 g/mol. The molecule has 0 radical (unpaired) electrons. The van der Waals surface area contributed by atoms with Crippen molar-refractivity contribution in [3.63, 3.8) is 0 Å². The molecule has 1 aliphatic rings. The molecule has 1 aromatic rings. The van der Waals surface area contributed by atoms with Crippen LogP contribution < -0.4 is 10.6 Å². The molecule has 1 fully saturated rings. The number of unbranched alkanes of at least 4 members (excludes halogenated alkanes) is 5. The standard InChI is InChI=1S/C23H38F3N5O3S/c24-23(25,26)19-35(32,33)31(34-18-20-10-6-5-7-11-20)17-9-4-2-1-3-8-14-29-22(27)30-21-12-15-28-16-13-21/h12-13,15-16,20H,1-11,14,17-19H2,(H3,27,28,29,30). The second-order valence-corrected chi connectivity index (χ2v) is 10.8. The van der Waals surface area contributed by atoms with Crippen LogP contribution in [0.4, 0.5) is 18.9 Å². The molecule has 35 heavy (non-hydrogen) atoms. The number of nitrogens with one attached hydrogen (secondary N) is 3. The van der Waals surface area contributed by atoms with E-state index in [0.717, 1.165) is 63.5 Å². The molecule has 2 rings (SSSR count). The Morgan fingerprint density at radius 2 is 1.69 bits per heavy atom. The van der Waals surface area contributed by atoms with Crippen molar-refractivity contribution >= 4 is 21.7 Å². The quantitative estimate of drug-likeness (QED) is 0.129. The van der Waals surface area contributed by atoms with E-state index in [9.17, 15) is 21.6 Å². The predicted octanol–water partition coefficient (Wildman–Crippen LogP) is 5.06. The Labute approximate surface area is 206 Å². The summed E-state index contributed by atoms with van der Waals surface area (Å²) in [5.74, 6) is -1.49. The van der Waals surface area contributed by atoms with E-state index in [0.29, 0.717) is 23.9 Å². The Balaban J connectivity index is 1.61. The highest BCUT2D eigenvalue weighted by Gasteiger charge is 2.39. The van der Waals surface area contributed by atoms with Crippen molar-refractivity contribution in [3.05, 3.63) is 24.5 Å². The first-order chi connectivity index (χ1) is 16.7. The summed E-state index contributed by atoms with van der Waals surface area (Å²) in [6.07, 6.45) is 8.27. The van der Waals surface area contributed by atoms with Gasteiger partial charge in [0, 0.05) is 31.2 Å². The van der Waals surface area contributed by atoms with Gasteiger partial charge in [0.1, 0.15) is 0 Å². The summed E-state index contributed by atoms with van der Waals surface area (Å²) in [7, 11) is -4.57. The third-order valence-corrected chi connectivity index (χ3v) is 7.45. The van der Waals surface area contributed by atoms with Crippen molar-refractivity contribution in [2.75, 3.05) is 30.8 Å². The van der Waals surface area contributed by atoms with Crippen molar-refractivity contribution in [2.45, 2.75) is 76.8 Å². The number of hydroxylamine groups is 1. The van der Waals surface area contributed by atoms with Crippen molar-refractivity contribution in [2.24, 2.45) is 5.92 Å². The molecule has 0 aliphatic heterocycles. The van der Waals surface area contributed by atoms with Crippen LogP contribution in [0, 0.1) is 11.3 Å². The highest BCUT2D eigenvalue weighted by atomic mass is 32.2. The first-order valence-corrected chi connectivity index (χ1v) is 14.0. The minimum absolute atomic E-state index is 0.0650. The number of hydrogen-bond donors (Lipinski definition) is 3. The van der Waals surface area contributed by atoms with Crippen LogP contribution in [0.3, 0.4) is 0 Å². The average molecular weight is 522 g/mol. The number of nitrogens with zero attached hydrogens (tertiary/aromatic N) is 2. The summed E-state index contributed by atoms with van der Waals surface area (Å²) < 4.78 is 63.4. The van der Waals surface area contributed by atoms with Crippen LogP contribution >= 0.6 is 0 Å². The van der Waals surface area contributed by atoms with Crippen LogP contribution in [0.1, 0.15) is 70.6 Å². The van der Waals surface area contributed by atoms with E-state index in [2.05, 4.69) is 15.6 Å². The fourth-order valence-corrected chi connectivity index (χ4v) is 5.20. The lowest BCUT2D eigenvalue weighted by atomic mass is 9.90. The second kappa shape index (κ2) is 15.2. The zero-order valence-corrected chi connectivity index (χ0v) is 21.0. The molecule has 8 nitrogen and oxygen atoms in total. The third-order valence-electron chi connectivity index (χ3n) is 5.85. The molecule has 0 aromatic carbocycles. The Bertz CT molecular complexity index is 835. The molecule has 1 heterocycles. The smallest absolute Gasteiger partial charge is 0.356 e. The molecule has 200 valence electrons. The number of anilines is 1. The Hall–Kier alpha value is -1.92. The minimum Gasteiger partial charge on any atom is -0.356 e. The van der Waals surface area contributed by atoms with Gasteiger partial charge in [-0.25, -0.2) is 8.42 Å². The van der Waals surface area contributed by atoms with Gasteiger partial charge in [-0.15, -0.1) is 0 Å². The first kappa shape index (κ1) is 29.3. The molecule has 0 saturated heterocycles. The second-order valence-electron chi connectivity index (χ2n) is 8.98. The molecule has 0 atom stereocenters. The summed E-state index contributed by atoms with van der Waals surface area (Å²) in [6.45, 7) is 0.731. The van der Waals surface area contributed by atoms with Crippen molar-refractivity contribution in [1.29, 1.82) is 5.41 Å². The largest absolute Gasteiger partial charge is 0.404 e. The Morgan fingerprint density at radius 3 is 2.34 bits per heavy atom. The number of alkyl halides is 3. The van der Waals surface area contributed by atoms with Crippen LogP contribution in [-0.4, -0.2) is 55.5 Å². The number of rotatable bonds is 15. The molecule has 0 bridgehead atoms. The molecular formula is C23H38F3N5O3S. The molecule has 0 spiro atoms. The number of aromatic nitrogens is 1. The average Bonchev–Trinajstić information content (AvgIpc) is 2.79. The third kappa shape index (κ3) is 13.1. The molecule has 0 unspecified atom stereocenters. The maximum absolute atomic E-state index is 12.8. The number of pyridine rings is 1. The van der Waals surface area contributed by atoms with Crippen LogP contribution in [0.15, 0.2) is 24.5 Å². The fraction of sp³-hybridized carbons (Fsp3) is 0.739. The summed E-state index contributed by atoms with van der Waals surface area (Å²) in [6, 6.07) is 3.54. The van der Waals surface area contributed by atoms with Crippen LogP contribution in [0.2, 0.25) is 0 Å². The maximum atomic E-state index is 12.8. The lowest BCUT2D eigenvalue weighted by Gasteiger charge is -2.26. The maximum Gasteiger partial charge on any atom is 0.404 e. The summed E-state index contributed by atoms with van der Waals surface area (Å²) in [4.78, 5) is 9.34. The number of guanidine groups is 1. The summed E-state index contributed by atoms with van der Waals surface area (Å²) >= 11 is 0. The van der Waals surface area contributed by atoms with E-state index in [1.807, 2.05) is 0 Å². The Morgan fingerprint density at radius 1 is 1.06 bits per heavy atom. The normalized spacial score (nSPS) is 15.3. The van der Waals surface area contributed by atoms with Crippen LogP contribution in [0.25, 0.3) is 0 Å². The highest BCUT2D eigenvalue weighted by Crippen LogP contribution is 2.25. The monoisotopic (exact) mass is 521 g/mol. The summed E-state index contributed by atoms with van der Waals surface area (Å²) in [5, 5.41) is 13.8. The van der Waals surface area contributed by atoms with E-state index in [1.54, 1.807) is 24.5 Å². The van der Waals surface area contributed by atoms with E-state index >= 15 is 0 Å². The molecule has 0 amide bonds. The molecule has 3 N–H and O–H groups in total. The lowest BCUT2D eigenvalue weighted by molar-refractivity contribution is -0.121. The minimum atomic E-state index is -4.80. The zero-order valence-electron chi connectivity index (χ0n) is 20.2. The van der Waals surface area contributed by atoms with Gasteiger partial charge in [0.05, 0.1) is 6.61 Å². The summed E-state index contributed by atoms with van der Waals surface area (Å²) in [5.41, 5.74) is 0.784. The van der Waals surface area contributed by atoms with E-state index in [4.69, 9.17) is 10.2 Å². The van der Waals surface area contributed by atoms with Crippen molar-refractivity contribution in [1.82, 2.24) is 14.8 Å². The van der Waals surface area contributed by atoms with Crippen molar-refractivity contribution < 1.29 is 26.4 Å². The number of hydrogen-bond acceptors (Lipinski definition) is 5. The zero-order chi connectivity index (χ0) is 25.6. The molecule has 1 aromatic heterocycles. The van der Waals surface area contributed by atoms with Gasteiger partial charge in [-0.3, -0.25) is 15.2 Å². The first-order valence-electron chi connectivity index (χ1n) is 12.4.